The SMILES string of the molecule is CCCCNC(=O)[C@@H](CC)N(Cc1ccc(C)cc1)C(=O)CN1C(=O)c2cccc3cccc1c23. The molecule has 1 aliphatic rings. The van der Waals surface area contributed by atoms with Crippen LogP contribution in [0.4, 0.5) is 5.69 Å². The van der Waals surface area contributed by atoms with Gasteiger partial charge in [-0.1, -0.05) is 74.4 Å². The minimum Gasteiger partial charge on any atom is -0.354 e. The average Bonchev–Trinajstić information content (AvgIpc) is 3.13. The Labute approximate surface area is 206 Å². The van der Waals surface area contributed by atoms with Gasteiger partial charge in [-0.3, -0.25) is 19.3 Å². The van der Waals surface area contributed by atoms with Crippen LogP contribution in [0.2, 0.25) is 0 Å². The zero-order valence-electron chi connectivity index (χ0n) is 20.7. The third kappa shape index (κ3) is 5.06. The third-order valence-corrected chi connectivity index (χ3v) is 6.63. The Balaban J connectivity index is 1.62. The Morgan fingerprint density at radius 3 is 2.40 bits per heavy atom. The van der Waals surface area contributed by atoms with Crippen LogP contribution >= 0.6 is 0 Å². The molecule has 0 spiro atoms. The van der Waals surface area contributed by atoms with Gasteiger partial charge in [0.25, 0.3) is 5.91 Å². The van der Waals surface area contributed by atoms with Crippen molar-refractivity contribution in [2.45, 2.75) is 52.6 Å². The maximum atomic E-state index is 13.8. The van der Waals surface area contributed by atoms with Crippen molar-refractivity contribution in [2.75, 3.05) is 18.0 Å². The average molecular weight is 472 g/mol. The number of benzene rings is 3. The number of hydrogen-bond donors (Lipinski definition) is 1. The Bertz CT molecular complexity index is 1230. The summed E-state index contributed by atoms with van der Waals surface area (Å²) < 4.78 is 0. The second kappa shape index (κ2) is 10.7. The van der Waals surface area contributed by atoms with Crippen molar-refractivity contribution in [1.29, 1.82) is 0 Å². The van der Waals surface area contributed by atoms with Gasteiger partial charge in [-0.05, 0) is 42.8 Å². The minimum atomic E-state index is -0.614. The van der Waals surface area contributed by atoms with Gasteiger partial charge in [0, 0.05) is 24.0 Å². The van der Waals surface area contributed by atoms with Gasteiger partial charge in [0.2, 0.25) is 11.8 Å². The number of nitrogens with zero attached hydrogens (tertiary/aromatic N) is 2. The molecule has 0 radical (unpaired) electrons. The zero-order valence-corrected chi connectivity index (χ0v) is 20.7. The van der Waals surface area contributed by atoms with E-state index in [1.807, 2.05) is 68.4 Å². The number of amides is 3. The highest BCUT2D eigenvalue weighted by molar-refractivity contribution is 6.26. The molecule has 35 heavy (non-hydrogen) atoms. The molecule has 182 valence electrons. The van der Waals surface area contributed by atoms with Gasteiger partial charge in [0.15, 0.2) is 0 Å². The van der Waals surface area contributed by atoms with E-state index in [9.17, 15) is 14.4 Å². The fourth-order valence-corrected chi connectivity index (χ4v) is 4.68. The van der Waals surface area contributed by atoms with E-state index in [0.717, 1.165) is 40.4 Å². The molecule has 0 saturated carbocycles. The summed E-state index contributed by atoms with van der Waals surface area (Å²) in [5, 5.41) is 4.83. The van der Waals surface area contributed by atoms with Gasteiger partial charge in [-0.2, -0.15) is 0 Å². The van der Waals surface area contributed by atoms with E-state index in [-0.39, 0.29) is 24.3 Å². The molecule has 4 rings (SSSR count). The molecule has 0 fully saturated rings. The van der Waals surface area contributed by atoms with Gasteiger partial charge in [0.05, 0.1) is 5.69 Å². The number of carbonyl (C=O) groups is 3. The van der Waals surface area contributed by atoms with Crippen LogP contribution in [0.5, 0.6) is 0 Å². The Morgan fingerprint density at radius 1 is 1.00 bits per heavy atom. The Hall–Kier alpha value is -3.67. The van der Waals surface area contributed by atoms with Crippen LogP contribution in [-0.4, -0.2) is 41.8 Å². The summed E-state index contributed by atoms with van der Waals surface area (Å²) in [5.41, 5.74) is 3.43. The van der Waals surface area contributed by atoms with Gasteiger partial charge >= 0.3 is 0 Å². The largest absolute Gasteiger partial charge is 0.354 e. The molecule has 1 atom stereocenters. The van der Waals surface area contributed by atoms with Gasteiger partial charge in [-0.25, -0.2) is 0 Å². The van der Waals surface area contributed by atoms with Crippen molar-refractivity contribution < 1.29 is 14.4 Å². The maximum absolute atomic E-state index is 13.8. The topological polar surface area (TPSA) is 69.7 Å². The molecule has 0 saturated heterocycles. The summed E-state index contributed by atoms with van der Waals surface area (Å²) in [7, 11) is 0. The van der Waals surface area contributed by atoms with E-state index in [1.54, 1.807) is 15.9 Å². The zero-order chi connectivity index (χ0) is 24.9. The van der Waals surface area contributed by atoms with Crippen molar-refractivity contribution in [2.24, 2.45) is 0 Å². The first-order chi connectivity index (χ1) is 16.9. The van der Waals surface area contributed by atoms with Gasteiger partial charge in [0.1, 0.15) is 12.6 Å². The second-order valence-corrected chi connectivity index (χ2v) is 9.15. The smallest absolute Gasteiger partial charge is 0.259 e. The van der Waals surface area contributed by atoms with Crippen LogP contribution in [0.15, 0.2) is 60.7 Å². The molecule has 1 N–H and O–H groups in total. The van der Waals surface area contributed by atoms with Crippen LogP contribution in [0.1, 0.15) is 54.6 Å². The third-order valence-electron chi connectivity index (χ3n) is 6.63. The van der Waals surface area contributed by atoms with Crippen LogP contribution < -0.4 is 10.2 Å². The number of anilines is 1. The summed E-state index contributed by atoms with van der Waals surface area (Å²) in [6.07, 6.45) is 2.35. The number of aryl methyl sites for hydroxylation is 1. The van der Waals surface area contributed by atoms with Crippen molar-refractivity contribution in [3.63, 3.8) is 0 Å². The standard InChI is InChI=1S/C29H33N3O3/c1-4-6-17-30-28(34)24(5-2)31(18-21-15-13-20(3)14-16-21)26(33)19-32-25-12-8-10-22-9-7-11-23(27(22)25)29(32)35/h7-16,24H,4-6,17-19H2,1-3H3,(H,30,34)/t24-/m1/s1. The minimum absolute atomic E-state index is 0.114. The van der Waals surface area contributed by atoms with E-state index >= 15 is 0 Å². The summed E-state index contributed by atoms with van der Waals surface area (Å²) in [6, 6.07) is 18.7. The summed E-state index contributed by atoms with van der Waals surface area (Å²) in [4.78, 5) is 43.3. The molecule has 1 heterocycles. The van der Waals surface area contributed by atoms with E-state index < -0.39 is 6.04 Å². The predicted octanol–water partition coefficient (Wildman–Crippen LogP) is 4.83. The van der Waals surface area contributed by atoms with Crippen LogP contribution in [0, 0.1) is 6.92 Å². The summed E-state index contributed by atoms with van der Waals surface area (Å²) in [6.45, 7) is 6.77. The lowest BCUT2D eigenvalue weighted by atomic mass is 10.1. The Morgan fingerprint density at radius 2 is 1.71 bits per heavy atom. The molecule has 6 heteroatoms. The molecule has 0 bridgehead atoms. The number of unbranched alkanes of at least 4 members (excludes halogenated alkanes) is 1. The Kier molecular flexibility index (Phi) is 7.49. The number of hydrogen-bond acceptors (Lipinski definition) is 3. The van der Waals surface area contributed by atoms with Crippen LogP contribution in [-0.2, 0) is 16.1 Å². The fourth-order valence-electron chi connectivity index (χ4n) is 4.68. The van der Waals surface area contributed by atoms with E-state index in [1.165, 1.54) is 0 Å². The van der Waals surface area contributed by atoms with Gasteiger partial charge in [-0.15, -0.1) is 0 Å². The molecule has 0 unspecified atom stereocenters. The molecule has 3 aromatic carbocycles. The normalized spacial score (nSPS) is 13.2. The predicted molar refractivity (Wildman–Crippen MR) is 139 cm³/mol. The monoisotopic (exact) mass is 471 g/mol. The summed E-state index contributed by atoms with van der Waals surface area (Å²) >= 11 is 0. The fraction of sp³-hybridized carbons (Fsp3) is 0.345. The molecular weight excluding hydrogens is 438 g/mol. The lowest BCUT2D eigenvalue weighted by Crippen LogP contribution is -2.52. The quantitative estimate of drug-likeness (QED) is 0.431. The first-order valence-corrected chi connectivity index (χ1v) is 12.4. The molecule has 0 aromatic heterocycles. The lowest BCUT2D eigenvalue weighted by molar-refractivity contribution is -0.140. The van der Waals surface area contributed by atoms with Crippen molar-refractivity contribution in [3.05, 3.63) is 77.4 Å². The lowest BCUT2D eigenvalue weighted by Gasteiger charge is -2.32. The molecule has 1 aliphatic heterocycles. The van der Waals surface area contributed by atoms with E-state index in [0.29, 0.717) is 25.1 Å². The molecule has 6 nitrogen and oxygen atoms in total. The van der Waals surface area contributed by atoms with Crippen LogP contribution in [0.25, 0.3) is 10.8 Å². The van der Waals surface area contributed by atoms with E-state index in [2.05, 4.69) is 12.2 Å². The maximum Gasteiger partial charge on any atom is 0.259 e. The molecule has 3 aromatic rings. The van der Waals surface area contributed by atoms with Crippen LogP contribution in [0.3, 0.4) is 0 Å². The van der Waals surface area contributed by atoms with Crippen molar-refractivity contribution in [1.82, 2.24) is 10.2 Å². The number of nitrogens with one attached hydrogen (secondary N) is 1. The number of rotatable bonds is 10. The van der Waals surface area contributed by atoms with E-state index in [4.69, 9.17) is 0 Å². The molecular formula is C29H33N3O3. The molecule has 0 aliphatic carbocycles. The highest BCUT2D eigenvalue weighted by Gasteiger charge is 2.35. The van der Waals surface area contributed by atoms with Crippen molar-refractivity contribution >= 4 is 34.2 Å². The highest BCUT2D eigenvalue weighted by Crippen LogP contribution is 2.37. The number of carbonyl (C=O) groups excluding carboxylic acids is 3. The van der Waals surface area contributed by atoms with Crippen molar-refractivity contribution in [3.8, 4) is 0 Å². The van der Waals surface area contributed by atoms with Gasteiger partial charge < -0.3 is 10.2 Å². The summed E-state index contributed by atoms with van der Waals surface area (Å²) in [5.74, 6) is -0.582. The first kappa shape index (κ1) is 24.5. The highest BCUT2D eigenvalue weighted by atomic mass is 16.2. The second-order valence-electron chi connectivity index (χ2n) is 9.15. The molecule has 3 amide bonds. The first-order valence-electron chi connectivity index (χ1n) is 12.4.